The summed E-state index contributed by atoms with van der Waals surface area (Å²) in [6, 6.07) is 5.78. The largest absolute Gasteiger partial charge is 0.444 e. The van der Waals surface area contributed by atoms with E-state index in [0.717, 1.165) is 11.3 Å². The Morgan fingerprint density at radius 2 is 1.95 bits per heavy atom. The molecule has 1 atom stereocenters. The number of nitrogens with one attached hydrogen (secondary N) is 2. The number of aromatic nitrogens is 2. The van der Waals surface area contributed by atoms with Gasteiger partial charge in [0.05, 0.1) is 17.9 Å². The van der Waals surface area contributed by atoms with Crippen LogP contribution in [0.3, 0.4) is 0 Å². The third-order valence-electron chi connectivity index (χ3n) is 2.89. The molecule has 6 heteroatoms. The lowest BCUT2D eigenvalue weighted by molar-refractivity contribution is 0.0506. The van der Waals surface area contributed by atoms with E-state index in [4.69, 9.17) is 4.74 Å². The quantitative estimate of drug-likeness (QED) is 0.906. The number of H-pyrrole nitrogens is 1. The van der Waals surface area contributed by atoms with Gasteiger partial charge in [-0.25, -0.2) is 14.2 Å². The van der Waals surface area contributed by atoms with Crippen LogP contribution in [0.2, 0.25) is 0 Å². The Balaban J connectivity index is 2.04. The molecule has 1 aromatic carbocycles. The van der Waals surface area contributed by atoms with Crippen LogP contribution >= 0.6 is 0 Å². The molecule has 0 saturated heterocycles. The molecule has 0 aliphatic heterocycles. The molecule has 22 heavy (non-hydrogen) atoms. The summed E-state index contributed by atoms with van der Waals surface area (Å²) >= 11 is 0. The van der Waals surface area contributed by atoms with Crippen LogP contribution in [0.25, 0.3) is 11.3 Å². The number of nitrogens with zero attached hydrogens (tertiary/aromatic N) is 1. The average Bonchev–Trinajstić information content (AvgIpc) is 2.86. The SMILES string of the molecule is C[C@@H](NC(=O)OC(C)(C)C)c1ncc(-c2ccc(F)cc2)[nH]1. The molecule has 0 aliphatic rings. The van der Waals surface area contributed by atoms with E-state index in [1.54, 1.807) is 46.0 Å². The van der Waals surface area contributed by atoms with Gasteiger partial charge in [-0.1, -0.05) is 0 Å². The van der Waals surface area contributed by atoms with Gasteiger partial charge in [-0.05, 0) is 57.5 Å². The lowest BCUT2D eigenvalue weighted by Gasteiger charge is -2.21. The number of benzene rings is 1. The predicted molar refractivity (Wildman–Crippen MR) is 81.8 cm³/mol. The minimum Gasteiger partial charge on any atom is -0.444 e. The van der Waals surface area contributed by atoms with Crippen molar-refractivity contribution in [1.82, 2.24) is 15.3 Å². The Labute approximate surface area is 128 Å². The van der Waals surface area contributed by atoms with E-state index in [1.807, 2.05) is 0 Å². The van der Waals surface area contributed by atoms with Crippen LogP contribution < -0.4 is 5.32 Å². The number of rotatable bonds is 3. The van der Waals surface area contributed by atoms with Gasteiger partial charge in [0.1, 0.15) is 17.2 Å². The van der Waals surface area contributed by atoms with Gasteiger partial charge in [-0.3, -0.25) is 0 Å². The summed E-state index contributed by atoms with van der Waals surface area (Å²) in [4.78, 5) is 19.1. The number of halogens is 1. The van der Waals surface area contributed by atoms with Crippen molar-refractivity contribution >= 4 is 6.09 Å². The first-order chi connectivity index (χ1) is 10.2. The van der Waals surface area contributed by atoms with Crippen LogP contribution in [0.1, 0.15) is 39.6 Å². The van der Waals surface area contributed by atoms with Crippen molar-refractivity contribution in [2.24, 2.45) is 0 Å². The van der Waals surface area contributed by atoms with E-state index < -0.39 is 11.7 Å². The molecule has 0 aliphatic carbocycles. The number of hydrogen-bond donors (Lipinski definition) is 2. The summed E-state index contributed by atoms with van der Waals surface area (Å²) in [5, 5.41) is 2.71. The first-order valence-corrected chi connectivity index (χ1v) is 7.05. The van der Waals surface area contributed by atoms with Gasteiger partial charge < -0.3 is 15.0 Å². The van der Waals surface area contributed by atoms with Gasteiger partial charge in [0.15, 0.2) is 0 Å². The highest BCUT2D eigenvalue weighted by Crippen LogP contribution is 2.19. The van der Waals surface area contributed by atoms with Gasteiger partial charge in [-0.2, -0.15) is 0 Å². The van der Waals surface area contributed by atoms with Gasteiger partial charge >= 0.3 is 6.09 Å². The number of carbonyl (C=O) groups is 1. The smallest absolute Gasteiger partial charge is 0.408 e. The van der Waals surface area contributed by atoms with Crippen LogP contribution in [-0.2, 0) is 4.74 Å². The monoisotopic (exact) mass is 305 g/mol. The average molecular weight is 305 g/mol. The molecule has 5 nitrogen and oxygen atoms in total. The fourth-order valence-electron chi connectivity index (χ4n) is 1.89. The zero-order valence-corrected chi connectivity index (χ0v) is 13.1. The van der Waals surface area contributed by atoms with E-state index >= 15 is 0 Å². The highest BCUT2D eigenvalue weighted by Gasteiger charge is 2.19. The summed E-state index contributed by atoms with van der Waals surface area (Å²) in [5.74, 6) is 0.314. The standard InChI is InChI=1S/C16H20FN3O2/c1-10(19-15(21)22-16(2,3)4)14-18-9-13(20-14)11-5-7-12(17)8-6-11/h5-10H,1-4H3,(H,18,20)(H,19,21)/t10-/m1/s1. The van der Waals surface area contributed by atoms with Crippen molar-refractivity contribution in [3.05, 3.63) is 42.1 Å². The van der Waals surface area contributed by atoms with E-state index in [0.29, 0.717) is 5.82 Å². The number of hydrogen-bond acceptors (Lipinski definition) is 3. The van der Waals surface area contributed by atoms with Crippen molar-refractivity contribution < 1.29 is 13.9 Å². The number of imidazole rings is 1. The number of ether oxygens (including phenoxy) is 1. The van der Waals surface area contributed by atoms with Crippen LogP contribution in [-0.4, -0.2) is 21.7 Å². The third-order valence-corrected chi connectivity index (χ3v) is 2.89. The van der Waals surface area contributed by atoms with Crippen molar-refractivity contribution in [2.45, 2.75) is 39.3 Å². The molecule has 0 saturated carbocycles. The zero-order valence-electron chi connectivity index (χ0n) is 13.1. The summed E-state index contributed by atoms with van der Waals surface area (Å²) in [6.45, 7) is 7.21. The number of alkyl carbamates (subject to hydrolysis) is 1. The van der Waals surface area contributed by atoms with Gasteiger partial charge in [0.2, 0.25) is 0 Å². The van der Waals surface area contributed by atoms with Crippen molar-refractivity contribution in [1.29, 1.82) is 0 Å². The second-order valence-corrected chi connectivity index (χ2v) is 6.06. The summed E-state index contributed by atoms with van der Waals surface area (Å²) in [7, 11) is 0. The lowest BCUT2D eigenvalue weighted by atomic mass is 10.2. The molecule has 1 aromatic heterocycles. The lowest BCUT2D eigenvalue weighted by Crippen LogP contribution is -2.34. The fourth-order valence-corrected chi connectivity index (χ4v) is 1.89. The van der Waals surface area contributed by atoms with Crippen molar-refractivity contribution in [2.75, 3.05) is 0 Å². The molecule has 0 radical (unpaired) electrons. The van der Waals surface area contributed by atoms with Gasteiger partial charge in [0.25, 0.3) is 0 Å². The van der Waals surface area contributed by atoms with Gasteiger partial charge in [-0.15, -0.1) is 0 Å². The molecular weight excluding hydrogens is 285 g/mol. The topological polar surface area (TPSA) is 67.0 Å². The van der Waals surface area contributed by atoms with Crippen LogP contribution in [0.15, 0.2) is 30.5 Å². The molecular formula is C16H20FN3O2. The van der Waals surface area contributed by atoms with Crippen molar-refractivity contribution in [3.8, 4) is 11.3 Å². The van der Waals surface area contributed by atoms with Crippen molar-refractivity contribution in [3.63, 3.8) is 0 Å². The second-order valence-electron chi connectivity index (χ2n) is 6.06. The Morgan fingerprint density at radius 3 is 2.55 bits per heavy atom. The molecule has 0 spiro atoms. The third kappa shape index (κ3) is 4.31. The second kappa shape index (κ2) is 6.17. The van der Waals surface area contributed by atoms with Crippen LogP contribution in [0.4, 0.5) is 9.18 Å². The Kier molecular flexibility index (Phi) is 4.49. The number of carbonyl (C=O) groups excluding carboxylic acids is 1. The van der Waals surface area contributed by atoms with E-state index in [2.05, 4.69) is 15.3 Å². The highest BCUT2D eigenvalue weighted by atomic mass is 19.1. The summed E-state index contributed by atoms with van der Waals surface area (Å²) in [5.41, 5.74) is 1.03. The Morgan fingerprint density at radius 1 is 1.32 bits per heavy atom. The Bertz CT molecular complexity index is 644. The molecule has 0 bridgehead atoms. The maximum Gasteiger partial charge on any atom is 0.408 e. The minimum atomic E-state index is -0.549. The first kappa shape index (κ1) is 16.0. The maximum atomic E-state index is 12.9. The van der Waals surface area contributed by atoms with E-state index in [-0.39, 0.29) is 11.9 Å². The maximum absolute atomic E-state index is 12.9. The molecule has 118 valence electrons. The molecule has 2 N–H and O–H groups in total. The number of aromatic amines is 1. The molecule has 2 aromatic rings. The fraction of sp³-hybridized carbons (Fsp3) is 0.375. The molecule has 1 heterocycles. The molecule has 2 rings (SSSR count). The highest BCUT2D eigenvalue weighted by molar-refractivity contribution is 5.68. The Hall–Kier alpha value is -2.37. The zero-order chi connectivity index (χ0) is 16.3. The minimum absolute atomic E-state index is 0.288. The molecule has 0 fully saturated rings. The summed E-state index contributed by atoms with van der Waals surface area (Å²) < 4.78 is 18.1. The van der Waals surface area contributed by atoms with E-state index in [9.17, 15) is 9.18 Å². The van der Waals surface area contributed by atoms with Gasteiger partial charge in [0, 0.05) is 0 Å². The van der Waals surface area contributed by atoms with Crippen LogP contribution in [0, 0.1) is 5.82 Å². The predicted octanol–water partition coefficient (Wildman–Crippen LogP) is 3.80. The van der Waals surface area contributed by atoms with Crippen LogP contribution in [0.5, 0.6) is 0 Å². The number of amides is 1. The molecule has 1 amide bonds. The summed E-state index contributed by atoms with van der Waals surface area (Å²) in [6.07, 6.45) is 1.15. The van der Waals surface area contributed by atoms with E-state index in [1.165, 1.54) is 12.1 Å². The normalized spacial score (nSPS) is 12.8. The molecule has 0 unspecified atom stereocenters. The first-order valence-electron chi connectivity index (χ1n) is 7.05.